The van der Waals surface area contributed by atoms with Crippen LogP contribution < -0.4 is 5.32 Å². The average molecular weight is 373 g/mol. The van der Waals surface area contributed by atoms with Gasteiger partial charge in [-0.15, -0.1) is 0 Å². The Bertz CT molecular complexity index is 1020. The summed E-state index contributed by atoms with van der Waals surface area (Å²) in [7, 11) is 0. The van der Waals surface area contributed by atoms with E-state index in [9.17, 15) is 15.0 Å². The van der Waals surface area contributed by atoms with Gasteiger partial charge in [0.15, 0.2) is 11.5 Å². The SMILES string of the molecule is CCc1ccc(NC(=O)C2(c3ccc(O)c(O)c3)CC2)cc1-c1ccccc1. The largest absolute Gasteiger partial charge is 0.504 e. The van der Waals surface area contributed by atoms with Gasteiger partial charge < -0.3 is 15.5 Å². The van der Waals surface area contributed by atoms with Gasteiger partial charge in [0.25, 0.3) is 0 Å². The average Bonchev–Trinajstić information content (AvgIpc) is 3.53. The van der Waals surface area contributed by atoms with Gasteiger partial charge in [0.2, 0.25) is 5.91 Å². The van der Waals surface area contributed by atoms with Crippen LogP contribution in [-0.4, -0.2) is 16.1 Å². The maximum absolute atomic E-state index is 13.0. The lowest BCUT2D eigenvalue weighted by molar-refractivity contribution is -0.118. The molecule has 3 aromatic rings. The van der Waals surface area contributed by atoms with Gasteiger partial charge in [0, 0.05) is 5.69 Å². The number of rotatable bonds is 5. The Balaban J connectivity index is 1.62. The number of phenols is 2. The van der Waals surface area contributed by atoms with E-state index in [0.29, 0.717) is 0 Å². The number of aromatic hydroxyl groups is 2. The molecule has 4 heteroatoms. The summed E-state index contributed by atoms with van der Waals surface area (Å²) in [5.41, 5.74) is 4.33. The van der Waals surface area contributed by atoms with Crippen molar-refractivity contribution in [1.82, 2.24) is 0 Å². The number of phenolic OH excluding ortho intramolecular Hbond substituents is 2. The summed E-state index contributed by atoms with van der Waals surface area (Å²) in [6.07, 6.45) is 2.36. The van der Waals surface area contributed by atoms with Crippen LogP contribution in [0.3, 0.4) is 0 Å². The second-order valence-corrected chi connectivity index (χ2v) is 7.33. The molecule has 0 bridgehead atoms. The van der Waals surface area contributed by atoms with Crippen molar-refractivity contribution in [2.75, 3.05) is 5.32 Å². The number of amides is 1. The van der Waals surface area contributed by atoms with Crippen LogP contribution in [-0.2, 0) is 16.6 Å². The molecule has 0 atom stereocenters. The number of hydrogen-bond donors (Lipinski definition) is 3. The lowest BCUT2D eigenvalue weighted by Gasteiger charge is -2.18. The number of carbonyl (C=O) groups excluding carboxylic acids is 1. The minimum absolute atomic E-state index is 0.0825. The van der Waals surface area contributed by atoms with E-state index in [-0.39, 0.29) is 17.4 Å². The van der Waals surface area contributed by atoms with Crippen LogP contribution in [0.15, 0.2) is 66.7 Å². The highest BCUT2D eigenvalue weighted by atomic mass is 16.3. The van der Waals surface area contributed by atoms with E-state index in [1.54, 1.807) is 6.07 Å². The number of hydrogen-bond acceptors (Lipinski definition) is 3. The van der Waals surface area contributed by atoms with E-state index in [2.05, 4.69) is 30.4 Å². The number of anilines is 1. The van der Waals surface area contributed by atoms with Crippen molar-refractivity contribution < 1.29 is 15.0 Å². The minimum Gasteiger partial charge on any atom is -0.504 e. The highest BCUT2D eigenvalue weighted by Crippen LogP contribution is 2.50. The van der Waals surface area contributed by atoms with Crippen molar-refractivity contribution in [2.24, 2.45) is 0 Å². The molecule has 1 saturated carbocycles. The molecule has 3 aromatic carbocycles. The first-order valence-electron chi connectivity index (χ1n) is 9.56. The predicted octanol–water partition coefficient (Wildman–Crippen LogP) is 5.00. The molecule has 0 unspecified atom stereocenters. The van der Waals surface area contributed by atoms with Gasteiger partial charge in [-0.1, -0.05) is 49.4 Å². The molecule has 1 aliphatic rings. The number of carbonyl (C=O) groups is 1. The monoisotopic (exact) mass is 373 g/mol. The van der Waals surface area contributed by atoms with E-state index >= 15 is 0 Å². The molecule has 4 nitrogen and oxygen atoms in total. The molecule has 4 rings (SSSR count). The van der Waals surface area contributed by atoms with Crippen LogP contribution >= 0.6 is 0 Å². The van der Waals surface area contributed by atoms with Gasteiger partial charge >= 0.3 is 0 Å². The van der Waals surface area contributed by atoms with Crippen molar-refractivity contribution >= 4 is 11.6 Å². The van der Waals surface area contributed by atoms with Gasteiger partial charge in [-0.05, 0) is 65.8 Å². The molecule has 0 aliphatic heterocycles. The molecule has 0 radical (unpaired) electrons. The molecule has 0 heterocycles. The summed E-state index contributed by atoms with van der Waals surface area (Å²) >= 11 is 0. The second kappa shape index (κ2) is 7.04. The van der Waals surface area contributed by atoms with Crippen molar-refractivity contribution in [3.8, 4) is 22.6 Å². The van der Waals surface area contributed by atoms with E-state index in [0.717, 1.165) is 41.6 Å². The summed E-state index contributed by atoms with van der Waals surface area (Å²) in [4.78, 5) is 13.0. The van der Waals surface area contributed by atoms with Crippen LogP contribution in [0.25, 0.3) is 11.1 Å². The maximum atomic E-state index is 13.0. The Morgan fingerprint density at radius 3 is 2.36 bits per heavy atom. The lowest BCUT2D eigenvalue weighted by atomic mass is 9.94. The van der Waals surface area contributed by atoms with Gasteiger partial charge in [-0.3, -0.25) is 4.79 Å². The van der Waals surface area contributed by atoms with Gasteiger partial charge in [-0.25, -0.2) is 0 Å². The fourth-order valence-electron chi connectivity index (χ4n) is 3.69. The smallest absolute Gasteiger partial charge is 0.235 e. The zero-order chi connectivity index (χ0) is 19.7. The summed E-state index contributed by atoms with van der Waals surface area (Å²) in [5, 5.41) is 22.4. The zero-order valence-electron chi connectivity index (χ0n) is 15.8. The van der Waals surface area contributed by atoms with Crippen molar-refractivity contribution in [2.45, 2.75) is 31.6 Å². The number of nitrogens with one attached hydrogen (secondary N) is 1. The molecule has 0 aromatic heterocycles. The quantitative estimate of drug-likeness (QED) is 0.551. The number of benzene rings is 3. The van der Waals surface area contributed by atoms with Crippen molar-refractivity contribution in [1.29, 1.82) is 0 Å². The van der Waals surface area contributed by atoms with Gasteiger partial charge in [-0.2, -0.15) is 0 Å². The third-order valence-corrected chi connectivity index (χ3v) is 5.55. The molecule has 142 valence electrons. The Hall–Kier alpha value is -3.27. The molecule has 0 spiro atoms. The third-order valence-electron chi connectivity index (χ3n) is 5.55. The first kappa shape index (κ1) is 18.1. The molecular formula is C24H23NO3. The predicted molar refractivity (Wildman–Crippen MR) is 111 cm³/mol. The summed E-state index contributed by atoms with van der Waals surface area (Å²) in [6.45, 7) is 2.12. The van der Waals surface area contributed by atoms with Gasteiger partial charge in [0.1, 0.15) is 0 Å². The lowest BCUT2D eigenvalue weighted by Crippen LogP contribution is -2.27. The first-order chi connectivity index (χ1) is 13.5. The minimum atomic E-state index is -0.637. The van der Waals surface area contributed by atoms with Crippen LogP contribution in [0.2, 0.25) is 0 Å². The molecule has 0 saturated heterocycles. The Morgan fingerprint density at radius 1 is 0.964 bits per heavy atom. The van der Waals surface area contributed by atoms with Crippen LogP contribution in [0.1, 0.15) is 30.9 Å². The van der Waals surface area contributed by atoms with Crippen LogP contribution in [0.5, 0.6) is 11.5 Å². The maximum Gasteiger partial charge on any atom is 0.235 e. The second-order valence-electron chi connectivity index (χ2n) is 7.33. The van der Waals surface area contributed by atoms with Crippen LogP contribution in [0.4, 0.5) is 5.69 Å². The Kier molecular flexibility index (Phi) is 4.55. The summed E-state index contributed by atoms with van der Waals surface area (Å²) in [5.74, 6) is -0.460. The molecule has 1 aliphatic carbocycles. The van der Waals surface area contributed by atoms with E-state index in [1.807, 2.05) is 30.3 Å². The molecule has 1 fully saturated rings. The molecule has 28 heavy (non-hydrogen) atoms. The fraction of sp³-hybridized carbons (Fsp3) is 0.208. The summed E-state index contributed by atoms with van der Waals surface area (Å²) < 4.78 is 0. The normalized spacial score (nSPS) is 14.5. The van der Waals surface area contributed by atoms with Gasteiger partial charge in [0.05, 0.1) is 5.41 Å². The zero-order valence-corrected chi connectivity index (χ0v) is 15.8. The van der Waals surface area contributed by atoms with Crippen LogP contribution in [0, 0.1) is 0 Å². The Morgan fingerprint density at radius 2 is 1.71 bits per heavy atom. The van der Waals surface area contributed by atoms with Crippen molar-refractivity contribution in [3.63, 3.8) is 0 Å². The highest BCUT2D eigenvalue weighted by Gasteiger charge is 2.51. The van der Waals surface area contributed by atoms with E-state index in [1.165, 1.54) is 17.7 Å². The van der Waals surface area contributed by atoms with E-state index < -0.39 is 5.41 Å². The Labute approximate surface area is 164 Å². The topological polar surface area (TPSA) is 69.6 Å². The first-order valence-corrected chi connectivity index (χ1v) is 9.56. The third kappa shape index (κ3) is 3.22. The fourth-order valence-corrected chi connectivity index (χ4v) is 3.69. The summed E-state index contributed by atoms with van der Waals surface area (Å²) in [6, 6.07) is 20.8. The molecule has 1 amide bonds. The molecule has 3 N–H and O–H groups in total. The highest BCUT2D eigenvalue weighted by molar-refractivity contribution is 6.02. The molecular weight excluding hydrogens is 350 g/mol. The van der Waals surface area contributed by atoms with E-state index in [4.69, 9.17) is 0 Å². The standard InChI is InChI=1S/C24H23NO3/c1-2-16-8-10-19(15-20(16)17-6-4-3-5-7-17)25-23(28)24(12-13-24)18-9-11-21(26)22(27)14-18/h3-11,14-15,26-27H,2,12-13H2,1H3,(H,25,28). The number of aryl methyl sites for hydroxylation is 1. The van der Waals surface area contributed by atoms with Crippen molar-refractivity contribution in [3.05, 3.63) is 77.9 Å².